The summed E-state index contributed by atoms with van der Waals surface area (Å²) in [6.07, 6.45) is 1.79. The zero-order valence-corrected chi connectivity index (χ0v) is 9.92. The highest BCUT2D eigenvalue weighted by Crippen LogP contribution is 2.10. The molecule has 90 valence electrons. The van der Waals surface area contributed by atoms with Crippen LogP contribution in [-0.2, 0) is 4.79 Å². The van der Waals surface area contributed by atoms with E-state index in [2.05, 4.69) is 19.2 Å². The fourth-order valence-corrected chi connectivity index (χ4v) is 1.22. The molecule has 0 rings (SSSR count). The van der Waals surface area contributed by atoms with Crippen molar-refractivity contribution in [1.29, 1.82) is 0 Å². The predicted molar refractivity (Wildman–Crippen MR) is 59.4 cm³/mol. The van der Waals surface area contributed by atoms with Crippen LogP contribution in [-0.4, -0.2) is 34.9 Å². The lowest BCUT2D eigenvalue weighted by Crippen LogP contribution is -2.53. The molecule has 0 aromatic carbocycles. The van der Waals surface area contributed by atoms with Gasteiger partial charge in [-0.05, 0) is 18.8 Å². The van der Waals surface area contributed by atoms with Crippen LogP contribution in [0.25, 0.3) is 0 Å². The maximum atomic E-state index is 11.5. The first-order valence-corrected chi connectivity index (χ1v) is 5.52. The Bertz CT molecular complexity index is 180. The van der Waals surface area contributed by atoms with Crippen molar-refractivity contribution in [3.8, 4) is 0 Å². The number of hydrogen-bond acceptors (Lipinski definition) is 3. The SMILES string of the molecule is CCC(CO)(CO)NC(=O)CCC(C)C. The predicted octanol–water partition coefficient (Wildman–Crippen LogP) is 0.672. The molecule has 0 aliphatic heterocycles. The highest BCUT2D eigenvalue weighted by Gasteiger charge is 2.28. The van der Waals surface area contributed by atoms with Gasteiger partial charge in [-0.15, -0.1) is 0 Å². The van der Waals surface area contributed by atoms with Crippen molar-refractivity contribution in [2.24, 2.45) is 5.92 Å². The molecule has 0 aliphatic rings. The van der Waals surface area contributed by atoms with E-state index in [1.165, 1.54) is 0 Å². The lowest BCUT2D eigenvalue weighted by Gasteiger charge is -2.29. The normalized spacial score (nSPS) is 11.9. The van der Waals surface area contributed by atoms with Crippen LogP contribution in [0.4, 0.5) is 0 Å². The van der Waals surface area contributed by atoms with Crippen molar-refractivity contribution >= 4 is 5.91 Å². The molecule has 15 heavy (non-hydrogen) atoms. The Hall–Kier alpha value is -0.610. The zero-order chi connectivity index (χ0) is 11.9. The Balaban J connectivity index is 4.11. The molecule has 0 heterocycles. The first-order chi connectivity index (χ1) is 6.99. The van der Waals surface area contributed by atoms with Gasteiger partial charge in [0.25, 0.3) is 0 Å². The molecule has 0 aromatic rings. The van der Waals surface area contributed by atoms with E-state index in [1.54, 1.807) is 0 Å². The summed E-state index contributed by atoms with van der Waals surface area (Å²) in [6, 6.07) is 0. The van der Waals surface area contributed by atoms with Gasteiger partial charge in [0.05, 0.1) is 18.8 Å². The number of nitrogens with one attached hydrogen (secondary N) is 1. The Morgan fingerprint density at radius 2 is 1.87 bits per heavy atom. The topological polar surface area (TPSA) is 69.6 Å². The maximum absolute atomic E-state index is 11.5. The van der Waals surface area contributed by atoms with Gasteiger partial charge in [-0.2, -0.15) is 0 Å². The van der Waals surface area contributed by atoms with Gasteiger partial charge in [0.15, 0.2) is 0 Å². The summed E-state index contributed by atoms with van der Waals surface area (Å²) in [7, 11) is 0. The summed E-state index contributed by atoms with van der Waals surface area (Å²) in [6.45, 7) is 5.48. The average molecular weight is 217 g/mol. The second-order valence-corrected chi connectivity index (χ2v) is 4.43. The lowest BCUT2D eigenvalue weighted by atomic mass is 9.97. The first kappa shape index (κ1) is 14.4. The van der Waals surface area contributed by atoms with E-state index in [9.17, 15) is 4.79 Å². The second kappa shape index (κ2) is 6.80. The fourth-order valence-electron chi connectivity index (χ4n) is 1.22. The summed E-state index contributed by atoms with van der Waals surface area (Å²) in [5, 5.41) is 21.0. The Kier molecular flexibility index (Phi) is 6.52. The van der Waals surface area contributed by atoms with Gasteiger partial charge in [0.2, 0.25) is 5.91 Å². The first-order valence-electron chi connectivity index (χ1n) is 5.52. The number of amides is 1. The van der Waals surface area contributed by atoms with Crippen LogP contribution >= 0.6 is 0 Å². The molecule has 0 bridgehead atoms. The van der Waals surface area contributed by atoms with Crippen LogP contribution in [0.3, 0.4) is 0 Å². The van der Waals surface area contributed by atoms with E-state index >= 15 is 0 Å². The molecule has 0 radical (unpaired) electrons. The number of hydrogen-bond donors (Lipinski definition) is 3. The van der Waals surface area contributed by atoms with Crippen LogP contribution in [0.1, 0.15) is 40.0 Å². The van der Waals surface area contributed by atoms with Crippen LogP contribution < -0.4 is 5.32 Å². The van der Waals surface area contributed by atoms with Crippen molar-refractivity contribution in [2.75, 3.05) is 13.2 Å². The van der Waals surface area contributed by atoms with E-state index in [0.29, 0.717) is 18.8 Å². The minimum atomic E-state index is -0.853. The lowest BCUT2D eigenvalue weighted by molar-refractivity contribution is -0.124. The Labute approximate surface area is 91.7 Å². The molecule has 4 nitrogen and oxygen atoms in total. The van der Waals surface area contributed by atoms with Gasteiger partial charge in [0.1, 0.15) is 0 Å². The van der Waals surface area contributed by atoms with Gasteiger partial charge in [0, 0.05) is 6.42 Å². The third-order valence-electron chi connectivity index (χ3n) is 2.64. The second-order valence-electron chi connectivity index (χ2n) is 4.43. The van der Waals surface area contributed by atoms with Crippen molar-refractivity contribution in [1.82, 2.24) is 5.32 Å². The van der Waals surface area contributed by atoms with Crippen molar-refractivity contribution < 1.29 is 15.0 Å². The van der Waals surface area contributed by atoms with Crippen molar-refractivity contribution in [2.45, 2.75) is 45.6 Å². The standard InChI is InChI=1S/C11H23NO3/c1-4-11(7-13,8-14)12-10(15)6-5-9(2)3/h9,13-14H,4-8H2,1-3H3,(H,12,15). The molecule has 0 aromatic heterocycles. The number of rotatable bonds is 7. The van der Waals surface area contributed by atoms with Gasteiger partial charge >= 0.3 is 0 Å². The summed E-state index contributed by atoms with van der Waals surface area (Å²) >= 11 is 0. The molecular weight excluding hydrogens is 194 g/mol. The Morgan fingerprint density at radius 1 is 1.33 bits per heavy atom. The molecular formula is C11H23NO3. The van der Waals surface area contributed by atoms with Gasteiger partial charge < -0.3 is 15.5 Å². The number of aliphatic hydroxyl groups excluding tert-OH is 2. The summed E-state index contributed by atoms with van der Waals surface area (Å²) in [5.74, 6) is 0.378. The number of carbonyl (C=O) groups excluding carboxylic acids is 1. The third-order valence-corrected chi connectivity index (χ3v) is 2.64. The Morgan fingerprint density at radius 3 is 2.20 bits per heavy atom. The van der Waals surface area contributed by atoms with E-state index in [0.717, 1.165) is 6.42 Å². The molecule has 0 saturated carbocycles. The fraction of sp³-hybridized carbons (Fsp3) is 0.909. The molecule has 1 amide bonds. The van der Waals surface area contributed by atoms with Crippen LogP contribution in [0, 0.1) is 5.92 Å². The van der Waals surface area contributed by atoms with Crippen LogP contribution in [0.2, 0.25) is 0 Å². The van der Waals surface area contributed by atoms with Gasteiger partial charge in [-0.1, -0.05) is 20.8 Å². The van der Waals surface area contributed by atoms with E-state index < -0.39 is 5.54 Å². The molecule has 0 saturated heterocycles. The minimum Gasteiger partial charge on any atom is -0.394 e. The monoisotopic (exact) mass is 217 g/mol. The highest BCUT2D eigenvalue weighted by molar-refractivity contribution is 5.76. The van der Waals surface area contributed by atoms with Crippen molar-refractivity contribution in [3.63, 3.8) is 0 Å². The average Bonchev–Trinajstić information content (AvgIpc) is 2.23. The van der Waals surface area contributed by atoms with Gasteiger partial charge in [-0.25, -0.2) is 0 Å². The molecule has 0 aliphatic carbocycles. The van der Waals surface area contributed by atoms with E-state index in [4.69, 9.17) is 10.2 Å². The molecule has 0 unspecified atom stereocenters. The van der Waals surface area contributed by atoms with Gasteiger partial charge in [-0.3, -0.25) is 4.79 Å². The summed E-state index contributed by atoms with van der Waals surface area (Å²) in [4.78, 5) is 11.5. The molecule has 0 atom stereocenters. The number of aliphatic hydroxyl groups is 2. The quantitative estimate of drug-likeness (QED) is 0.587. The van der Waals surface area contributed by atoms with E-state index in [1.807, 2.05) is 6.92 Å². The zero-order valence-electron chi connectivity index (χ0n) is 9.92. The molecule has 0 fully saturated rings. The van der Waals surface area contributed by atoms with Crippen LogP contribution in [0.15, 0.2) is 0 Å². The molecule has 4 heteroatoms. The summed E-state index contributed by atoms with van der Waals surface area (Å²) < 4.78 is 0. The number of carbonyl (C=O) groups is 1. The maximum Gasteiger partial charge on any atom is 0.220 e. The highest BCUT2D eigenvalue weighted by atomic mass is 16.3. The molecule has 0 spiro atoms. The largest absolute Gasteiger partial charge is 0.394 e. The van der Waals surface area contributed by atoms with Crippen molar-refractivity contribution in [3.05, 3.63) is 0 Å². The minimum absolute atomic E-state index is 0.103. The third kappa shape index (κ3) is 5.14. The smallest absolute Gasteiger partial charge is 0.220 e. The van der Waals surface area contributed by atoms with Crippen LogP contribution in [0.5, 0.6) is 0 Å². The molecule has 3 N–H and O–H groups in total. The summed E-state index contributed by atoms with van der Waals surface area (Å²) in [5.41, 5.74) is -0.853. The van der Waals surface area contributed by atoms with E-state index in [-0.39, 0.29) is 19.1 Å².